The second-order valence-corrected chi connectivity index (χ2v) is 3.91. The first-order valence-electron chi connectivity index (χ1n) is 4.95. The van der Waals surface area contributed by atoms with Crippen LogP contribution >= 0.6 is 0 Å². The zero-order valence-electron chi connectivity index (χ0n) is 7.55. The highest BCUT2D eigenvalue weighted by Crippen LogP contribution is 2.28. The van der Waals surface area contributed by atoms with E-state index in [1.807, 2.05) is 0 Å². The molecule has 1 nitrogen and oxygen atoms in total. The third-order valence-electron chi connectivity index (χ3n) is 2.99. The van der Waals surface area contributed by atoms with Gasteiger partial charge in [0.25, 0.3) is 0 Å². The van der Waals surface area contributed by atoms with Gasteiger partial charge in [-0.15, -0.1) is 0 Å². The third kappa shape index (κ3) is 2.82. The summed E-state index contributed by atoms with van der Waals surface area (Å²) < 4.78 is 0. The van der Waals surface area contributed by atoms with Gasteiger partial charge in [0.15, 0.2) is 0 Å². The van der Waals surface area contributed by atoms with Gasteiger partial charge in [0.05, 0.1) is 0 Å². The topological polar surface area (TPSA) is 20.2 Å². The van der Waals surface area contributed by atoms with Crippen molar-refractivity contribution in [3.05, 3.63) is 0 Å². The first-order chi connectivity index (χ1) is 5.34. The van der Waals surface area contributed by atoms with Crippen LogP contribution in [0.3, 0.4) is 0 Å². The molecule has 1 rings (SSSR count). The monoisotopic (exact) mass is 156 g/mol. The van der Waals surface area contributed by atoms with Gasteiger partial charge in [-0.25, -0.2) is 0 Å². The van der Waals surface area contributed by atoms with E-state index in [2.05, 4.69) is 6.92 Å². The van der Waals surface area contributed by atoms with Gasteiger partial charge in [0, 0.05) is 6.61 Å². The standard InChI is InChI=1S/C10H20O/c1-9(8-11)10-6-4-2-3-5-7-10/h9-11H,2-8H2,1H3/t9-/m0/s1. The SMILES string of the molecule is C[C@@H](CO)C1CCCCCC1. The van der Waals surface area contributed by atoms with Gasteiger partial charge in [0.1, 0.15) is 0 Å². The largest absolute Gasteiger partial charge is 0.396 e. The predicted octanol–water partition coefficient (Wildman–Crippen LogP) is 2.59. The molecule has 66 valence electrons. The fourth-order valence-electron chi connectivity index (χ4n) is 2.03. The van der Waals surface area contributed by atoms with Crippen molar-refractivity contribution in [3.63, 3.8) is 0 Å². The Balaban J connectivity index is 2.30. The van der Waals surface area contributed by atoms with Crippen molar-refractivity contribution in [2.24, 2.45) is 11.8 Å². The molecule has 0 bridgehead atoms. The van der Waals surface area contributed by atoms with E-state index < -0.39 is 0 Å². The molecule has 0 amide bonds. The summed E-state index contributed by atoms with van der Waals surface area (Å²) in [6.07, 6.45) is 8.29. The third-order valence-corrected chi connectivity index (χ3v) is 2.99. The lowest BCUT2D eigenvalue weighted by Crippen LogP contribution is -2.14. The number of aliphatic hydroxyl groups excluding tert-OH is 1. The van der Waals surface area contributed by atoms with E-state index in [0.717, 1.165) is 5.92 Å². The highest BCUT2D eigenvalue weighted by atomic mass is 16.3. The fourth-order valence-corrected chi connectivity index (χ4v) is 2.03. The molecule has 0 saturated heterocycles. The molecule has 1 atom stereocenters. The normalized spacial score (nSPS) is 24.5. The fraction of sp³-hybridized carbons (Fsp3) is 1.00. The van der Waals surface area contributed by atoms with Crippen LogP contribution in [0.5, 0.6) is 0 Å². The molecule has 0 aromatic rings. The zero-order chi connectivity index (χ0) is 8.10. The number of hydrogen-bond donors (Lipinski definition) is 1. The highest BCUT2D eigenvalue weighted by Gasteiger charge is 2.17. The lowest BCUT2D eigenvalue weighted by atomic mass is 9.88. The number of hydrogen-bond acceptors (Lipinski definition) is 1. The Labute approximate surface area is 69.8 Å². The average Bonchev–Trinajstić information content (AvgIpc) is 2.30. The zero-order valence-corrected chi connectivity index (χ0v) is 7.55. The maximum Gasteiger partial charge on any atom is 0.0459 e. The Bertz CT molecular complexity index is 93.0. The van der Waals surface area contributed by atoms with Crippen LogP contribution < -0.4 is 0 Å². The molecule has 0 aliphatic heterocycles. The molecule has 1 aliphatic carbocycles. The van der Waals surface area contributed by atoms with Gasteiger partial charge >= 0.3 is 0 Å². The van der Waals surface area contributed by atoms with E-state index in [9.17, 15) is 0 Å². The summed E-state index contributed by atoms with van der Waals surface area (Å²) in [4.78, 5) is 0. The minimum atomic E-state index is 0.380. The molecule has 11 heavy (non-hydrogen) atoms. The van der Waals surface area contributed by atoms with Gasteiger partial charge < -0.3 is 5.11 Å². The van der Waals surface area contributed by atoms with E-state index in [1.165, 1.54) is 38.5 Å². The van der Waals surface area contributed by atoms with Crippen LogP contribution in [-0.4, -0.2) is 11.7 Å². The second-order valence-electron chi connectivity index (χ2n) is 3.91. The van der Waals surface area contributed by atoms with Gasteiger partial charge in [-0.3, -0.25) is 0 Å². The summed E-state index contributed by atoms with van der Waals surface area (Å²) in [6, 6.07) is 0. The van der Waals surface area contributed by atoms with Crippen molar-refractivity contribution >= 4 is 0 Å². The van der Waals surface area contributed by atoms with Crippen molar-refractivity contribution in [2.75, 3.05) is 6.61 Å². The smallest absolute Gasteiger partial charge is 0.0459 e. The van der Waals surface area contributed by atoms with Crippen LogP contribution in [0.25, 0.3) is 0 Å². The summed E-state index contributed by atoms with van der Waals surface area (Å²) in [7, 11) is 0. The quantitative estimate of drug-likeness (QED) is 0.609. The molecule has 1 saturated carbocycles. The van der Waals surface area contributed by atoms with Crippen molar-refractivity contribution in [1.82, 2.24) is 0 Å². The summed E-state index contributed by atoms with van der Waals surface area (Å²) in [5.74, 6) is 1.34. The van der Waals surface area contributed by atoms with Gasteiger partial charge in [-0.2, -0.15) is 0 Å². The second kappa shape index (κ2) is 4.76. The van der Waals surface area contributed by atoms with Crippen LogP contribution in [0.2, 0.25) is 0 Å². The maximum atomic E-state index is 8.98. The molecule has 1 N–H and O–H groups in total. The van der Waals surface area contributed by atoms with E-state index in [1.54, 1.807) is 0 Å². The molecule has 1 fully saturated rings. The van der Waals surface area contributed by atoms with E-state index in [4.69, 9.17) is 5.11 Å². The van der Waals surface area contributed by atoms with E-state index in [0.29, 0.717) is 12.5 Å². The lowest BCUT2D eigenvalue weighted by molar-refractivity contribution is 0.177. The molecule has 0 unspecified atom stereocenters. The molecular weight excluding hydrogens is 136 g/mol. The molecule has 1 heteroatoms. The van der Waals surface area contributed by atoms with E-state index in [-0.39, 0.29) is 0 Å². The first-order valence-corrected chi connectivity index (χ1v) is 4.95. The summed E-state index contributed by atoms with van der Waals surface area (Å²) >= 11 is 0. The minimum Gasteiger partial charge on any atom is -0.396 e. The molecule has 0 radical (unpaired) electrons. The number of rotatable bonds is 2. The van der Waals surface area contributed by atoms with Crippen LogP contribution in [-0.2, 0) is 0 Å². The first kappa shape index (κ1) is 9.05. The summed E-state index contributed by atoms with van der Waals surface area (Å²) in [6.45, 7) is 2.56. The van der Waals surface area contributed by atoms with Crippen LogP contribution in [0, 0.1) is 11.8 Å². The Morgan fingerprint density at radius 3 is 2.18 bits per heavy atom. The lowest BCUT2D eigenvalue weighted by Gasteiger charge is -2.19. The van der Waals surface area contributed by atoms with Gasteiger partial charge in [-0.05, 0) is 11.8 Å². The van der Waals surface area contributed by atoms with Crippen molar-refractivity contribution in [1.29, 1.82) is 0 Å². The van der Waals surface area contributed by atoms with Crippen molar-refractivity contribution < 1.29 is 5.11 Å². The molecule has 0 heterocycles. The van der Waals surface area contributed by atoms with Crippen molar-refractivity contribution in [3.8, 4) is 0 Å². The maximum absolute atomic E-state index is 8.98. The van der Waals surface area contributed by atoms with Gasteiger partial charge in [0.2, 0.25) is 0 Å². The van der Waals surface area contributed by atoms with Crippen LogP contribution in [0.4, 0.5) is 0 Å². The molecule has 0 spiro atoms. The number of aliphatic hydroxyl groups is 1. The Hall–Kier alpha value is -0.0400. The molecule has 0 aromatic carbocycles. The van der Waals surface area contributed by atoms with Crippen molar-refractivity contribution in [2.45, 2.75) is 45.4 Å². The van der Waals surface area contributed by atoms with Gasteiger partial charge in [-0.1, -0.05) is 45.4 Å². The minimum absolute atomic E-state index is 0.380. The highest BCUT2D eigenvalue weighted by molar-refractivity contribution is 4.69. The Morgan fingerprint density at radius 1 is 1.18 bits per heavy atom. The molecule has 0 aromatic heterocycles. The van der Waals surface area contributed by atoms with Crippen LogP contribution in [0.1, 0.15) is 45.4 Å². The predicted molar refractivity (Wildman–Crippen MR) is 47.4 cm³/mol. The van der Waals surface area contributed by atoms with Crippen LogP contribution in [0.15, 0.2) is 0 Å². The van der Waals surface area contributed by atoms with E-state index >= 15 is 0 Å². The average molecular weight is 156 g/mol. The molecular formula is C10H20O. The Morgan fingerprint density at radius 2 is 1.73 bits per heavy atom. The summed E-state index contributed by atoms with van der Waals surface area (Å²) in [5.41, 5.74) is 0. The Kier molecular flexibility index (Phi) is 3.92. The molecule has 1 aliphatic rings. The summed E-state index contributed by atoms with van der Waals surface area (Å²) in [5, 5.41) is 8.98.